The zero-order valence-corrected chi connectivity index (χ0v) is 9.33. The van der Waals surface area contributed by atoms with E-state index in [-0.39, 0.29) is 12.1 Å². The predicted molar refractivity (Wildman–Crippen MR) is 59.3 cm³/mol. The lowest BCUT2D eigenvalue weighted by Gasteiger charge is -2.09. The van der Waals surface area contributed by atoms with E-state index in [0.29, 0.717) is 19.0 Å². The first kappa shape index (κ1) is 12.3. The zero-order valence-electron chi connectivity index (χ0n) is 9.33. The van der Waals surface area contributed by atoms with Gasteiger partial charge in [-0.05, 0) is 44.9 Å². The Balaban J connectivity index is 1.95. The summed E-state index contributed by atoms with van der Waals surface area (Å²) in [6.45, 7) is 3.23. The minimum Gasteiger partial charge on any atom is -0.393 e. The van der Waals surface area contributed by atoms with E-state index >= 15 is 0 Å². The summed E-state index contributed by atoms with van der Waals surface area (Å²) in [6, 6.07) is -0.0997. The minimum absolute atomic E-state index is 0.0997. The number of nitrogens with one attached hydrogen (secondary N) is 2. The van der Waals surface area contributed by atoms with E-state index < -0.39 is 0 Å². The molecule has 0 aromatic rings. The number of aliphatic hydroxyl groups excluding tert-OH is 1. The lowest BCUT2D eigenvalue weighted by molar-refractivity contribution is 0.179. The van der Waals surface area contributed by atoms with Crippen molar-refractivity contribution in [2.75, 3.05) is 13.1 Å². The van der Waals surface area contributed by atoms with Crippen molar-refractivity contribution in [3.05, 3.63) is 6.42 Å². The Bertz CT molecular complexity index is 197. The Morgan fingerprint density at radius 3 is 2.87 bits per heavy atom. The molecule has 0 spiro atoms. The molecule has 4 heteroatoms. The molecule has 4 nitrogen and oxygen atoms in total. The summed E-state index contributed by atoms with van der Waals surface area (Å²) >= 11 is 0. The maximum absolute atomic E-state index is 11.0. The highest BCUT2D eigenvalue weighted by Gasteiger charge is 2.22. The molecule has 1 saturated carbocycles. The fourth-order valence-corrected chi connectivity index (χ4v) is 1.93. The molecule has 0 bridgehead atoms. The van der Waals surface area contributed by atoms with Gasteiger partial charge in [-0.15, -0.1) is 0 Å². The van der Waals surface area contributed by atoms with Crippen LogP contribution in [0.4, 0.5) is 4.79 Å². The van der Waals surface area contributed by atoms with Crippen LogP contribution in [0.1, 0.15) is 32.6 Å². The van der Waals surface area contributed by atoms with Crippen LogP contribution in [0.3, 0.4) is 0 Å². The molecule has 0 aromatic heterocycles. The fourth-order valence-electron chi connectivity index (χ4n) is 1.93. The topological polar surface area (TPSA) is 61.4 Å². The van der Waals surface area contributed by atoms with Gasteiger partial charge in [0.1, 0.15) is 0 Å². The summed E-state index contributed by atoms with van der Waals surface area (Å²) < 4.78 is 0. The lowest BCUT2D eigenvalue weighted by Crippen LogP contribution is -2.35. The molecule has 0 heterocycles. The van der Waals surface area contributed by atoms with Crippen LogP contribution in [0.2, 0.25) is 0 Å². The van der Waals surface area contributed by atoms with Crippen LogP contribution >= 0.6 is 0 Å². The fraction of sp³-hybridized carbons (Fsp3) is 0.818. The Labute approximate surface area is 91.4 Å². The molecule has 1 aliphatic carbocycles. The number of rotatable bonds is 5. The second kappa shape index (κ2) is 6.67. The smallest absolute Gasteiger partial charge is 0.314 e. The largest absolute Gasteiger partial charge is 0.393 e. The van der Waals surface area contributed by atoms with Crippen LogP contribution in [0.5, 0.6) is 0 Å². The number of aliphatic hydroxyl groups is 1. The standard InChI is InChI=1S/C11H21N2O2/c1-2-12-11(15)13-7-3-4-9-5-6-10(14)8-9/h4,9-10,14H,2-3,5-8H2,1H3,(H2,12,13,15). The molecule has 1 rings (SSSR count). The summed E-state index contributed by atoms with van der Waals surface area (Å²) in [5, 5.41) is 14.8. The second-order valence-corrected chi connectivity index (χ2v) is 4.04. The molecular weight excluding hydrogens is 192 g/mol. The summed E-state index contributed by atoms with van der Waals surface area (Å²) in [5.74, 6) is 0.538. The van der Waals surface area contributed by atoms with Crippen molar-refractivity contribution in [1.29, 1.82) is 0 Å². The number of carbonyl (C=O) groups excluding carboxylic acids is 1. The average molecular weight is 213 g/mol. The van der Waals surface area contributed by atoms with Gasteiger partial charge in [0.15, 0.2) is 0 Å². The van der Waals surface area contributed by atoms with E-state index in [9.17, 15) is 9.90 Å². The SMILES string of the molecule is CCNC(=O)NCC[CH]C1CCC(O)C1. The monoisotopic (exact) mass is 213 g/mol. The number of amides is 2. The second-order valence-electron chi connectivity index (χ2n) is 4.04. The van der Waals surface area contributed by atoms with Crippen molar-refractivity contribution in [3.63, 3.8) is 0 Å². The molecule has 3 N–H and O–H groups in total. The molecule has 1 fully saturated rings. The van der Waals surface area contributed by atoms with Gasteiger partial charge in [0, 0.05) is 13.1 Å². The highest BCUT2D eigenvalue weighted by atomic mass is 16.3. The number of carbonyl (C=O) groups is 1. The Kier molecular flexibility index (Phi) is 5.47. The molecule has 0 aliphatic heterocycles. The van der Waals surface area contributed by atoms with E-state index in [4.69, 9.17) is 0 Å². The lowest BCUT2D eigenvalue weighted by atomic mass is 10.0. The molecule has 87 valence electrons. The molecule has 1 radical (unpaired) electrons. The maximum Gasteiger partial charge on any atom is 0.314 e. The van der Waals surface area contributed by atoms with E-state index in [1.807, 2.05) is 6.92 Å². The van der Waals surface area contributed by atoms with Crippen molar-refractivity contribution >= 4 is 6.03 Å². The van der Waals surface area contributed by atoms with Gasteiger partial charge < -0.3 is 15.7 Å². The summed E-state index contributed by atoms with van der Waals surface area (Å²) in [7, 11) is 0. The molecule has 0 saturated heterocycles. The van der Waals surface area contributed by atoms with Gasteiger partial charge >= 0.3 is 6.03 Å². The summed E-state index contributed by atoms with van der Waals surface area (Å²) in [5.41, 5.74) is 0. The van der Waals surface area contributed by atoms with Crippen LogP contribution in [-0.2, 0) is 0 Å². The minimum atomic E-state index is -0.109. The summed E-state index contributed by atoms with van der Waals surface area (Å²) in [4.78, 5) is 11.0. The summed E-state index contributed by atoms with van der Waals surface area (Å²) in [6.07, 6.45) is 5.88. The normalized spacial score (nSPS) is 25.2. The molecule has 2 atom stereocenters. The molecular formula is C11H21N2O2. The van der Waals surface area contributed by atoms with Gasteiger partial charge in [0.05, 0.1) is 6.10 Å². The van der Waals surface area contributed by atoms with Crippen molar-refractivity contribution in [3.8, 4) is 0 Å². The third kappa shape index (κ3) is 5.02. The van der Waals surface area contributed by atoms with E-state index in [1.165, 1.54) is 0 Å². The van der Waals surface area contributed by atoms with Crippen LogP contribution in [0, 0.1) is 12.3 Å². The highest BCUT2D eigenvalue weighted by Crippen LogP contribution is 2.28. The number of urea groups is 1. The van der Waals surface area contributed by atoms with Crippen molar-refractivity contribution < 1.29 is 9.90 Å². The van der Waals surface area contributed by atoms with Crippen LogP contribution in [0.25, 0.3) is 0 Å². The highest BCUT2D eigenvalue weighted by molar-refractivity contribution is 5.73. The first-order chi connectivity index (χ1) is 7.22. The third-order valence-electron chi connectivity index (χ3n) is 2.71. The van der Waals surface area contributed by atoms with E-state index in [0.717, 1.165) is 25.7 Å². The van der Waals surface area contributed by atoms with E-state index in [2.05, 4.69) is 17.1 Å². The first-order valence-electron chi connectivity index (χ1n) is 5.75. The van der Waals surface area contributed by atoms with Crippen molar-refractivity contribution in [2.24, 2.45) is 5.92 Å². The van der Waals surface area contributed by atoms with Gasteiger partial charge in [0.2, 0.25) is 0 Å². The van der Waals surface area contributed by atoms with E-state index in [1.54, 1.807) is 0 Å². The Hall–Kier alpha value is -0.770. The molecule has 15 heavy (non-hydrogen) atoms. The molecule has 2 amide bonds. The average Bonchev–Trinajstić information content (AvgIpc) is 2.60. The molecule has 0 aromatic carbocycles. The van der Waals surface area contributed by atoms with Crippen LogP contribution in [0.15, 0.2) is 0 Å². The number of hydrogen-bond donors (Lipinski definition) is 3. The Morgan fingerprint density at radius 2 is 2.27 bits per heavy atom. The number of hydrogen-bond acceptors (Lipinski definition) is 2. The Morgan fingerprint density at radius 1 is 1.47 bits per heavy atom. The van der Waals surface area contributed by atoms with Gasteiger partial charge in [-0.3, -0.25) is 0 Å². The maximum atomic E-state index is 11.0. The van der Waals surface area contributed by atoms with Gasteiger partial charge in [-0.1, -0.05) is 0 Å². The molecule has 2 unspecified atom stereocenters. The predicted octanol–water partition coefficient (Wildman–Crippen LogP) is 1.06. The zero-order chi connectivity index (χ0) is 11.1. The van der Waals surface area contributed by atoms with Crippen molar-refractivity contribution in [2.45, 2.75) is 38.7 Å². The van der Waals surface area contributed by atoms with Crippen molar-refractivity contribution in [1.82, 2.24) is 10.6 Å². The van der Waals surface area contributed by atoms with Crippen LogP contribution in [-0.4, -0.2) is 30.3 Å². The molecule has 1 aliphatic rings. The third-order valence-corrected chi connectivity index (χ3v) is 2.71. The van der Waals surface area contributed by atoms with Gasteiger partial charge in [-0.2, -0.15) is 0 Å². The van der Waals surface area contributed by atoms with Gasteiger partial charge in [-0.25, -0.2) is 4.79 Å². The van der Waals surface area contributed by atoms with Gasteiger partial charge in [0.25, 0.3) is 0 Å². The van der Waals surface area contributed by atoms with Crippen LogP contribution < -0.4 is 10.6 Å². The first-order valence-corrected chi connectivity index (χ1v) is 5.75. The quantitative estimate of drug-likeness (QED) is 0.598.